The maximum absolute atomic E-state index is 10.9. The number of hydrogen-bond donors (Lipinski definition) is 3. The molecule has 1 aliphatic heterocycles. The summed E-state index contributed by atoms with van der Waals surface area (Å²) in [5.41, 5.74) is 4.95. The van der Waals surface area contributed by atoms with Crippen LogP contribution < -0.4 is 11.1 Å². The van der Waals surface area contributed by atoms with Crippen LogP contribution in [0.3, 0.4) is 0 Å². The van der Waals surface area contributed by atoms with Crippen molar-refractivity contribution < 1.29 is 14.7 Å². The van der Waals surface area contributed by atoms with E-state index in [9.17, 15) is 9.59 Å². The van der Waals surface area contributed by atoms with Crippen LogP contribution in [0.1, 0.15) is 12.8 Å². The average Bonchev–Trinajstić information content (AvgIpc) is 2.50. The summed E-state index contributed by atoms with van der Waals surface area (Å²) in [4.78, 5) is 21.6. The molecule has 4 N–H and O–H groups in total. The first-order valence-corrected chi connectivity index (χ1v) is 8.34. The molecule has 1 fully saturated rings. The number of urea groups is 1. The van der Waals surface area contributed by atoms with Gasteiger partial charge in [0.1, 0.15) is 6.04 Å². The molecule has 1 saturated heterocycles. The van der Waals surface area contributed by atoms with Crippen LogP contribution in [0.5, 0.6) is 0 Å². The van der Waals surface area contributed by atoms with Crippen molar-refractivity contribution in [3.05, 3.63) is 0 Å². The fraction of sp³-hybridized carbons (Fsp3) is 0.778. The lowest BCUT2D eigenvalue weighted by Crippen LogP contribution is -2.47. The van der Waals surface area contributed by atoms with Gasteiger partial charge in [0.05, 0.1) is 8.07 Å². The third-order valence-corrected chi connectivity index (χ3v) is 7.64. The lowest BCUT2D eigenvalue weighted by molar-refractivity contribution is -0.138. The highest BCUT2D eigenvalue weighted by Gasteiger charge is 2.36. The molecular weight excluding hydrogens is 212 g/mol. The molecule has 5 nitrogen and oxygen atoms in total. The summed E-state index contributed by atoms with van der Waals surface area (Å²) in [6.45, 7) is 2.21. The highest BCUT2D eigenvalue weighted by Crippen LogP contribution is 2.34. The number of carbonyl (C=O) groups excluding carboxylic acids is 1. The summed E-state index contributed by atoms with van der Waals surface area (Å²) < 4.78 is 0. The smallest absolute Gasteiger partial charge is 0.325 e. The Morgan fingerprint density at radius 2 is 2.00 bits per heavy atom. The van der Waals surface area contributed by atoms with Crippen molar-refractivity contribution in [1.29, 1.82) is 0 Å². The Labute approximate surface area is 90.0 Å². The standard InChI is InChI=1S/C9H18N2O3Si/c1-15(4-2-3-5-15)6-7(8(12)13)11-9(10)14/h7H,2-6H2,1H3,(H,12,13)(H3,10,11,14)/t7-/m1/s1. The second-order valence-corrected chi connectivity index (χ2v) is 9.65. The Morgan fingerprint density at radius 1 is 1.47 bits per heavy atom. The van der Waals surface area contributed by atoms with Crippen LogP contribution in [0.2, 0.25) is 24.7 Å². The molecule has 1 atom stereocenters. The first-order chi connectivity index (χ1) is 6.93. The van der Waals surface area contributed by atoms with Crippen molar-refractivity contribution in [2.75, 3.05) is 0 Å². The van der Waals surface area contributed by atoms with Gasteiger partial charge in [-0.25, -0.2) is 4.79 Å². The van der Waals surface area contributed by atoms with E-state index in [-0.39, 0.29) is 0 Å². The summed E-state index contributed by atoms with van der Waals surface area (Å²) in [7, 11) is -1.43. The van der Waals surface area contributed by atoms with Gasteiger partial charge in [0.25, 0.3) is 0 Å². The monoisotopic (exact) mass is 230 g/mol. The van der Waals surface area contributed by atoms with Gasteiger partial charge in [-0.2, -0.15) is 0 Å². The minimum Gasteiger partial charge on any atom is -0.480 e. The molecule has 0 radical (unpaired) electrons. The van der Waals surface area contributed by atoms with Crippen molar-refractivity contribution in [2.45, 2.75) is 43.6 Å². The third kappa shape index (κ3) is 3.54. The maximum atomic E-state index is 10.9. The molecule has 0 saturated carbocycles. The van der Waals surface area contributed by atoms with E-state index in [2.05, 4.69) is 11.9 Å². The topological polar surface area (TPSA) is 92.4 Å². The lowest BCUT2D eigenvalue weighted by Gasteiger charge is -2.25. The lowest BCUT2D eigenvalue weighted by atomic mass is 10.3. The van der Waals surface area contributed by atoms with Gasteiger partial charge in [-0.1, -0.05) is 31.5 Å². The number of rotatable bonds is 4. The number of nitrogens with one attached hydrogen (secondary N) is 1. The third-order valence-electron chi connectivity index (χ3n) is 3.12. The highest BCUT2D eigenvalue weighted by molar-refractivity contribution is 6.79. The Bertz CT molecular complexity index is 264. The number of amides is 2. The number of aliphatic carboxylic acids is 1. The normalized spacial score (nSPS) is 20.9. The number of primary amides is 1. The van der Waals surface area contributed by atoms with Gasteiger partial charge in [0, 0.05) is 0 Å². The van der Waals surface area contributed by atoms with E-state index in [1.165, 1.54) is 12.8 Å². The van der Waals surface area contributed by atoms with Crippen molar-refractivity contribution in [3.8, 4) is 0 Å². The van der Waals surface area contributed by atoms with E-state index in [1.54, 1.807) is 0 Å². The molecule has 0 aromatic heterocycles. The molecule has 15 heavy (non-hydrogen) atoms. The molecule has 0 aromatic carbocycles. The molecule has 0 aliphatic carbocycles. The highest BCUT2D eigenvalue weighted by atomic mass is 28.3. The quantitative estimate of drug-likeness (QED) is 0.628. The molecule has 6 heteroatoms. The van der Waals surface area contributed by atoms with Gasteiger partial charge in [-0.3, -0.25) is 4.79 Å². The van der Waals surface area contributed by atoms with E-state index in [0.29, 0.717) is 6.04 Å². The van der Waals surface area contributed by atoms with Crippen LogP contribution >= 0.6 is 0 Å². The summed E-state index contributed by atoms with van der Waals surface area (Å²) in [6.07, 6.45) is 2.40. The zero-order valence-electron chi connectivity index (χ0n) is 8.95. The van der Waals surface area contributed by atoms with Crippen LogP contribution in [0.25, 0.3) is 0 Å². The number of carboxylic acids is 1. The average molecular weight is 230 g/mol. The molecular formula is C9H18N2O3Si. The second kappa shape index (κ2) is 4.65. The molecule has 1 aliphatic rings. The van der Waals surface area contributed by atoms with E-state index >= 15 is 0 Å². The minimum atomic E-state index is -1.43. The van der Waals surface area contributed by atoms with Crippen LogP contribution in [0.15, 0.2) is 0 Å². The van der Waals surface area contributed by atoms with E-state index in [4.69, 9.17) is 10.8 Å². The molecule has 0 bridgehead atoms. The largest absolute Gasteiger partial charge is 0.480 e. The van der Waals surface area contributed by atoms with Crippen LogP contribution in [0.4, 0.5) is 4.79 Å². The van der Waals surface area contributed by atoms with Crippen LogP contribution in [-0.4, -0.2) is 31.2 Å². The van der Waals surface area contributed by atoms with Crippen LogP contribution in [0, 0.1) is 0 Å². The molecule has 0 spiro atoms. The Balaban J connectivity index is 2.57. The van der Waals surface area contributed by atoms with Crippen molar-refractivity contribution >= 4 is 20.1 Å². The zero-order chi connectivity index (χ0) is 11.5. The van der Waals surface area contributed by atoms with Crippen molar-refractivity contribution in [2.24, 2.45) is 5.73 Å². The van der Waals surface area contributed by atoms with E-state index in [0.717, 1.165) is 12.1 Å². The van der Waals surface area contributed by atoms with E-state index < -0.39 is 26.1 Å². The minimum absolute atomic E-state index is 0.602. The predicted molar refractivity (Wildman–Crippen MR) is 59.4 cm³/mol. The Hall–Kier alpha value is -1.04. The van der Waals surface area contributed by atoms with E-state index in [1.807, 2.05) is 0 Å². The molecule has 1 heterocycles. The van der Waals surface area contributed by atoms with Crippen LogP contribution in [-0.2, 0) is 4.79 Å². The Kier molecular flexibility index (Phi) is 3.73. The fourth-order valence-corrected chi connectivity index (χ4v) is 6.42. The fourth-order valence-electron chi connectivity index (χ4n) is 2.30. The van der Waals surface area contributed by atoms with Gasteiger partial charge >= 0.3 is 12.0 Å². The molecule has 1 rings (SSSR count). The first kappa shape index (κ1) is 12.0. The van der Waals surface area contributed by atoms with Crippen molar-refractivity contribution in [3.63, 3.8) is 0 Å². The number of hydrogen-bond acceptors (Lipinski definition) is 2. The van der Waals surface area contributed by atoms with Crippen molar-refractivity contribution in [1.82, 2.24) is 5.32 Å². The zero-order valence-corrected chi connectivity index (χ0v) is 9.95. The number of nitrogens with two attached hydrogens (primary N) is 1. The maximum Gasteiger partial charge on any atom is 0.325 e. The molecule has 0 unspecified atom stereocenters. The SMILES string of the molecule is C[Si]1(C[C@@H](NC(N)=O)C(=O)O)CCCC1. The van der Waals surface area contributed by atoms with Gasteiger partial charge in [0.15, 0.2) is 0 Å². The number of carboxylic acid groups (broad SMARTS) is 1. The number of carbonyl (C=O) groups is 2. The molecule has 86 valence electrons. The molecule has 2 amide bonds. The summed E-state index contributed by atoms with van der Waals surface area (Å²) >= 11 is 0. The first-order valence-electron chi connectivity index (χ1n) is 5.22. The van der Waals surface area contributed by atoms with Gasteiger partial charge in [-0.15, -0.1) is 0 Å². The predicted octanol–water partition coefficient (Wildman–Crippen LogP) is 0.980. The summed E-state index contributed by atoms with van der Waals surface area (Å²) in [5, 5.41) is 11.3. The molecule has 0 aromatic rings. The van der Waals surface area contributed by atoms with Gasteiger partial charge in [0.2, 0.25) is 0 Å². The van der Waals surface area contributed by atoms with Gasteiger partial charge < -0.3 is 16.2 Å². The second-order valence-electron chi connectivity index (χ2n) is 4.62. The Morgan fingerprint density at radius 3 is 2.40 bits per heavy atom. The van der Waals surface area contributed by atoms with Gasteiger partial charge in [-0.05, 0) is 6.04 Å². The summed E-state index contributed by atoms with van der Waals surface area (Å²) in [6, 6.07) is 1.38. The summed E-state index contributed by atoms with van der Waals surface area (Å²) in [5.74, 6) is -0.977.